The molecule has 0 heterocycles. The Bertz CT molecular complexity index is 267. The number of hydrogen-bond acceptors (Lipinski definition) is 3. The molecule has 0 amide bonds. The molecule has 0 aliphatic heterocycles. The number of hydrogen-bond donors (Lipinski definition) is 3. The van der Waals surface area contributed by atoms with Crippen molar-refractivity contribution < 1.29 is 15.0 Å². The van der Waals surface area contributed by atoms with Gasteiger partial charge in [-0.3, -0.25) is 0 Å². The van der Waals surface area contributed by atoms with Crippen LogP contribution in [-0.2, 0) is 4.79 Å². The standard InChI is InChI=1S/C12H21NO3/c1-9-3-5-12(8-14,6-4-9)13-7-10(2)11(15)16/h9,13-14H,2-8H2,1H3,(H,15,16). The zero-order valence-electron chi connectivity index (χ0n) is 9.83. The van der Waals surface area contributed by atoms with E-state index in [1.807, 2.05) is 0 Å². The first-order valence-electron chi connectivity index (χ1n) is 5.76. The Morgan fingerprint density at radius 1 is 1.50 bits per heavy atom. The molecule has 1 saturated carbocycles. The molecule has 0 spiro atoms. The molecule has 0 aromatic heterocycles. The van der Waals surface area contributed by atoms with Crippen LogP contribution in [0, 0.1) is 5.92 Å². The summed E-state index contributed by atoms with van der Waals surface area (Å²) in [6.07, 6.45) is 3.95. The van der Waals surface area contributed by atoms with Gasteiger partial charge in [-0.15, -0.1) is 0 Å². The van der Waals surface area contributed by atoms with Crippen molar-refractivity contribution in [2.75, 3.05) is 13.2 Å². The number of nitrogens with one attached hydrogen (secondary N) is 1. The molecule has 0 bridgehead atoms. The van der Waals surface area contributed by atoms with E-state index in [2.05, 4.69) is 18.8 Å². The first-order valence-corrected chi connectivity index (χ1v) is 5.76. The third-order valence-electron chi connectivity index (χ3n) is 3.51. The molecule has 0 unspecified atom stereocenters. The number of aliphatic hydroxyl groups excluding tert-OH is 1. The molecule has 1 aliphatic rings. The second-order valence-corrected chi connectivity index (χ2v) is 4.88. The molecule has 0 atom stereocenters. The Hall–Kier alpha value is -0.870. The number of aliphatic hydroxyl groups is 1. The summed E-state index contributed by atoms with van der Waals surface area (Å²) in [6, 6.07) is 0. The maximum atomic E-state index is 10.6. The van der Waals surface area contributed by atoms with Crippen LogP contribution >= 0.6 is 0 Å². The highest BCUT2D eigenvalue weighted by Crippen LogP contribution is 2.31. The Morgan fingerprint density at radius 2 is 2.06 bits per heavy atom. The van der Waals surface area contributed by atoms with E-state index in [1.54, 1.807) is 0 Å². The molecule has 4 nitrogen and oxygen atoms in total. The topological polar surface area (TPSA) is 69.6 Å². The zero-order chi connectivity index (χ0) is 12.2. The summed E-state index contributed by atoms with van der Waals surface area (Å²) in [5.41, 5.74) is -0.156. The average Bonchev–Trinajstić information content (AvgIpc) is 2.28. The van der Waals surface area contributed by atoms with Gasteiger partial charge in [0, 0.05) is 17.7 Å². The smallest absolute Gasteiger partial charge is 0.332 e. The van der Waals surface area contributed by atoms with E-state index in [1.165, 1.54) is 0 Å². The van der Waals surface area contributed by atoms with Gasteiger partial charge in [0.1, 0.15) is 0 Å². The SMILES string of the molecule is C=C(CNC1(CO)CCC(C)CC1)C(=O)O. The van der Waals surface area contributed by atoms with Crippen molar-refractivity contribution in [3.05, 3.63) is 12.2 Å². The molecule has 0 radical (unpaired) electrons. The van der Waals surface area contributed by atoms with Crippen molar-refractivity contribution >= 4 is 5.97 Å². The lowest BCUT2D eigenvalue weighted by molar-refractivity contribution is -0.132. The molecule has 92 valence electrons. The minimum absolute atomic E-state index is 0.0621. The lowest BCUT2D eigenvalue weighted by Crippen LogP contribution is -2.51. The maximum absolute atomic E-state index is 10.6. The Kier molecular flexibility index (Phi) is 4.50. The molecular formula is C12H21NO3. The summed E-state index contributed by atoms with van der Waals surface area (Å²) >= 11 is 0. The normalized spacial score (nSPS) is 30.0. The summed E-state index contributed by atoms with van der Waals surface area (Å²) in [4.78, 5) is 10.6. The van der Waals surface area contributed by atoms with Gasteiger partial charge in [-0.25, -0.2) is 4.79 Å². The fourth-order valence-electron chi connectivity index (χ4n) is 2.08. The third kappa shape index (κ3) is 3.32. The van der Waals surface area contributed by atoms with E-state index in [0.717, 1.165) is 25.7 Å². The molecular weight excluding hydrogens is 206 g/mol. The highest BCUT2D eigenvalue weighted by molar-refractivity contribution is 5.86. The quantitative estimate of drug-likeness (QED) is 0.616. The minimum atomic E-state index is -0.982. The van der Waals surface area contributed by atoms with E-state index in [9.17, 15) is 9.90 Å². The largest absolute Gasteiger partial charge is 0.478 e. The number of carboxylic acids is 1. The Morgan fingerprint density at radius 3 is 2.50 bits per heavy atom. The summed E-state index contributed by atoms with van der Waals surface area (Å²) in [5.74, 6) is -0.283. The van der Waals surface area contributed by atoms with Gasteiger partial charge in [-0.1, -0.05) is 13.5 Å². The van der Waals surface area contributed by atoms with Crippen molar-refractivity contribution in [2.24, 2.45) is 5.92 Å². The fourth-order valence-corrected chi connectivity index (χ4v) is 2.08. The predicted molar refractivity (Wildman–Crippen MR) is 62.2 cm³/mol. The van der Waals surface area contributed by atoms with E-state index in [0.29, 0.717) is 5.92 Å². The molecule has 1 rings (SSSR count). The Labute approximate surface area is 96.4 Å². The summed E-state index contributed by atoms with van der Waals surface area (Å²) in [6.45, 7) is 5.98. The van der Waals surface area contributed by atoms with Crippen molar-refractivity contribution in [3.63, 3.8) is 0 Å². The van der Waals surface area contributed by atoms with Crippen LogP contribution in [0.15, 0.2) is 12.2 Å². The van der Waals surface area contributed by atoms with Crippen LogP contribution in [0.1, 0.15) is 32.6 Å². The lowest BCUT2D eigenvalue weighted by atomic mass is 9.77. The van der Waals surface area contributed by atoms with Crippen LogP contribution in [0.3, 0.4) is 0 Å². The first kappa shape index (κ1) is 13.2. The van der Waals surface area contributed by atoms with Crippen LogP contribution in [0.5, 0.6) is 0 Å². The third-order valence-corrected chi connectivity index (χ3v) is 3.51. The fraction of sp³-hybridized carbons (Fsp3) is 0.750. The molecule has 0 saturated heterocycles. The van der Waals surface area contributed by atoms with Crippen LogP contribution in [-0.4, -0.2) is 34.9 Å². The van der Waals surface area contributed by atoms with Gasteiger partial charge in [0.25, 0.3) is 0 Å². The lowest BCUT2D eigenvalue weighted by Gasteiger charge is -2.39. The Balaban J connectivity index is 2.48. The number of rotatable bonds is 5. The van der Waals surface area contributed by atoms with Gasteiger partial charge >= 0.3 is 5.97 Å². The van der Waals surface area contributed by atoms with Gasteiger partial charge in [0.15, 0.2) is 0 Å². The van der Waals surface area contributed by atoms with Gasteiger partial charge in [-0.2, -0.15) is 0 Å². The molecule has 0 aromatic rings. The van der Waals surface area contributed by atoms with Crippen molar-refractivity contribution in [3.8, 4) is 0 Å². The van der Waals surface area contributed by atoms with Gasteiger partial charge < -0.3 is 15.5 Å². The van der Waals surface area contributed by atoms with Gasteiger partial charge in [0.05, 0.1) is 6.61 Å². The van der Waals surface area contributed by atoms with E-state index in [-0.39, 0.29) is 24.3 Å². The van der Waals surface area contributed by atoms with Crippen molar-refractivity contribution in [1.29, 1.82) is 0 Å². The minimum Gasteiger partial charge on any atom is -0.478 e. The van der Waals surface area contributed by atoms with Crippen molar-refractivity contribution in [1.82, 2.24) is 5.32 Å². The van der Waals surface area contributed by atoms with E-state index >= 15 is 0 Å². The van der Waals surface area contributed by atoms with E-state index in [4.69, 9.17) is 5.11 Å². The average molecular weight is 227 g/mol. The summed E-state index contributed by atoms with van der Waals surface area (Å²) in [7, 11) is 0. The van der Waals surface area contributed by atoms with Gasteiger partial charge in [-0.05, 0) is 31.6 Å². The highest BCUT2D eigenvalue weighted by atomic mass is 16.4. The summed E-state index contributed by atoms with van der Waals surface area (Å²) in [5, 5.41) is 21.3. The van der Waals surface area contributed by atoms with Crippen LogP contribution < -0.4 is 5.32 Å². The second kappa shape index (κ2) is 5.46. The molecule has 0 aromatic carbocycles. The van der Waals surface area contributed by atoms with Gasteiger partial charge in [0.2, 0.25) is 0 Å². The number of aliphatic carboxylic acids is 1. The van der Waals surface area contributed by atoms with Crippen LogP contribution in [0.2, 0.25) is 0 Å². The number of carboxylic acid groups (broad SMARTS) is 1. The van der Waals surface area contributed by atoms with Crippen molar-refractivity contribution in [2.45, 2.75) is 38.1 Å². The number of carbonyl (C=O) groups is 1. The van der Waals surface area contributed by atoms with E-state index < -0.39 is 5.97 Å². The molecule has 4 heteroatoms. The molecule has 3 N–H and O–H groups in total. The predicted octanol–water partition coefficient (Wildman–Crippen LogP) is 1.16. The molecule has 16 heavy (non-hydrogen) atoms. The second-order valence-electron chi connectivity index (χ2n) is 4.88. The molecule has 1 fully saturated rings. The monoisotopic (exact) mass is 227 g/mol. The van der Waals surface area contributed by atoms with Crippen LogP contribution in [0.4, 0.5) is 0 Å². The maximum Gasteiger partial charge on any atom is 0.332 e. The first-order chi connectivity index (χ1) is 7.49. The highest BCUT2D eigenvalue weighted by Gasteiger charge is 2.33. The molecule has 1 aliphatic carbocycles. The summed E-state index contributed by atoms with van der Waals surface area (Å²) < 4.78 is 0. The zero-order valence-corrected chi connectivity index (χ0v) is 9.83. The van der Waals surface area contributed by atoms with Crippen LogP contribution in [0.25, 0.3) is 0 Å².